The first-order valence-electron chi connectivity index (χ1n) is 7.53. The van der Waals surface area contributed by atoms with Gasteiger partial charge in [0, 0.05) is 13.0 Å². The molecule has 124 valence electrons. The monoisotopic (exact) mass is 317 g/mol. The molecular weight excluding hydrogens is 294 g/mol. The van der Waals surface area contributed by atoms with E-state index in [0.29, 0.717) is 6.42 Å². The van der Waals surface area contributed by atoms with Gasteiger partial charge >= 0.3 is 6.09 Å². The fraction of sp³-hybridized carbons (Fsp3) is 0.438. The predicted molar refractivity (Wildman–Crippen MR) is 87.3 cm³/mol. The highest BCUT2D eigenvalue weighted by Gasteiger charge is 2.19. The Morgan fingerprint density at radius 2 is 2.04 bits per heavy atom. The first kappa shape index (κ1) is 17.0. The Balaban J connectivity index is 1.97. The van der Waals surface area contributed by atoms with Gasteiger partial charge < -0.3 is 15.8 Å². The first-order chi connectivity index (χ1) is 10.9. The highest BCUT2D eigenvalue weighted by Crippen LogP contribution is 2.09. The molecule has 0 aliphatic carbocycles. The van der Waals surface area contributed by atoms with E-state index < -0.39 is 11.7 Å². The fourth-order valence-corrected chi connectivity index (χ4v) is 2.02. The van der Waals surface area contributed by atoms with Gasteiger partial charge in [-0.25, -0.2) is 9.48 Å². The molecule has 0 aliphatic heterocycles. The smallest absolute Gasteiger partial charge is 0.407 e. The van der Waals surface area contributed by atoms with Crippen LogP contribution in [0.3, 0.4) is 0 Å². The lowest BCUT2D eigenvalue weighted by atomic mass is 10.1. The minimum Gasteiger partial charge on any atom is -0.444 e. The van der Waals surface area contributed by atoms with Crippen LogP contribution >= 0.6 is 0 Å². The number of nitrogens with zero attached hydrogens (tertiary/aromatic N) is 3. The zero-order valence-corrected chi connectivity index (χ0v) is 13.7. The summed E-state index contributed by atoms with van der Waals surface area (Å²) in [5.41, 5.74) is 6.86. The van der Waals surface area contributed by atoms with Gasteiger partial charge in [-0.1, -0.05) is 23.4 Å². The number of aromatic nitrogens is 3. The van der Waals surface area contributed by atoms with E-state index in [1.165, 1.54) is 0 Å². The molecule has 1 heterocycles. The molecule has 1 atom stereocenters. The predicted octanol–water partition coefficient (Wildman–Crippen LogP) is 1.66. The number of benzene rings is 1. The van der Waals surface area contributed by atoms with Gasteiger partial charge in [0.1, 0.15) is 5.60 Å². The van der Waals surface area contributed by atoms with Crippen LogP contribution in [0.15, 0.2) is 36.5 Å². The quantitative estimate of drug-likeness (QED) is 0.874. The van der Waals surface area contributed by atoms with Crippen molar-refractivity contribution < 1.29 is 9.53 Å². The highest BCUT2D eigenvalue weighted by molar-refractivity contribution is 5.68. The normalized spacial score (nSPS) is 12.7. The molecular formula is C16H23N5O2. The Hall–Kier alpha value is -2.41. The van der Waals surface area contributed by atoms with Gasteiger partial charge in [-0.15, -0.1) is 5.10 Å². The van der Waals surface area contributed by atoms with E-state index in [4.69, 9.17) is 10.5 Å². The van der Waals surface area contributed by atoms with Crippen LogP contribution in [0.1, 0.15) is 26.5 Å². The number of alkyl carbamates (subject to hydrolysis) is 1. The molecule has 2 rings (SSSR count). The van der Waals surface area contributed by atoms with Gasteiger partial charge in [-0.2, -0.15) is 0 Å². The molecule has 0 saturated carbocycles. The summed E-state index contributed by atoms with van der Waals surface area (Å²) in [7, 11) is 0. The van der Waals surface area contributed by atoms with Crippen molar-refractivity contribution in [1.29, 1.82) is 0 Å². The van der Waals surface area contributed by atoms with Gasteiger partial charge in [0.05, 0.1) is 23.6 Å². The van der Waals surface area contributed by atoms with Crippen molar-refractivity contribution in [3.63, 3.8) is 0 Å². The van der Waals surface area contributed by atoms with Crippen molar-refractivity contribution in [3.8, 4) is 5.69 Å². The number of carbonyl (C=O) groups is 1. The van der Waals surface area contributed by atoms with E-state index >= 15 is 0 Å². The van der Waals surface area contributed by atoms with E-state index in [9.17, 15) is 4.79 Å². The van der Waals surface area contributed by atoms with Crippen molar-refractivity contribution in [2.45, 2.75) is 38.8 Å². The van der Waals surface area contributed by atoms with Crippen molar-refractivity contribution in [1.82, 2.24) is 20.3 Å². The summed E-state index contributed by atoms with van der Waals surface area (Å²) < 4.78 is 6.93. The Kier molecular flexibility index (Phi) is 5.33. The fourth-order valence-electron chi connectivity index (χ4n) is 2.02. The van der Waals surface area contributed by atoms with E-state index in [0.717, 1.165) is 11.4 Å². The van der Waals surface area contributed by atoms with E-state index in [2.05, 4.69) is 15.6 Å². The number of amides is 1. The molecule has 0 fully saturated rings. The van der Waals surface area contributed by atoms with Crippen LogP contribution in [0.5, 0.6) is 0 Å². The van der Waals surface area contributed by atoms with Crippen molar-refractivity contribution in [3.05, 3.63) is 42.2 Å². The zero-order chi connectivity index (χ0) is 16.9. The van der Waals surface area contributed by atoms with E-state index in [1.54, 1.807) is 4.68 Å². The third kappa shape index (κ3) is 5.37. The third-order valence-electron chi connectivity index (χ3n) is 3.02. The van der Waals surface area contributed by atoms with Crippen LogP contribution < -0.4 is 11.1 Å². The number of para-hydroxylation sites is 1. The van der Waals surface area contributed by atoms with Gasteiger partial charge in [0.2, 0.25) is 0 Å². The number of nitrogens with one attached hydrogen (secondary N) is 1. The lowest BCUT2D eigenvalue weighted by Gasteiger charge is -2.22. The highest BCUT2D eigenvalue weighted by atomic mass is 16.6. The maximum absolute atomic E-state index is 11.8. The summed E-state index contributed by atoms with van der Waals surface area (Å²) in [4.78, 5) is 11.8. The molecule has 7 heteroatoms. The van der Waals surface area contributed by atoms with Crippen molar-refractivity contribution in [2.24, 2.45) is 5.73 Å². The lowest BCUT2D eigenvalue weighted by Crippen LogP contribution is -2.44. The SMILES string of the molecule is CC(C)(C)OC(=O)NC(CN)Cc1cn(-c2ccccc2)nn1. The number of rotatable bonds is 5. The number of nitrogens with two attached hydrogens (primary N) is 1. The molecule has 3 N–H and O–H groups in total. The van der Waals surface area contributed by atoms with Crippen LogP contribution in [0, 0.1) is 0 Å². The number of hydrogen-bond donors (Lipinski definition) is 2. The van der Waals surface area contributed by atoms with Crippen LogP contribution in [0.25, 0.3) is 5.69 Å². The second kappa shape index (κ2) is 7.23. The molecule has 0 saturated heterocycles. The minimum absolute atomic E-state index is 0.259. The summed E-state index contributed by atoms with van der Waals surface area (Å²) >= 11 is 0. The third-order valence-corrected chi connectivity index (χ3v) is 3.02. The molecule has 1 amide bonds. The molecule has 23 heavy (non-hydrogen) atoms. The van der Waals surface area contributed by atoms with Gasteiger partial charge in [-0.3, -0.25) is 0 Å². The summed E-state index contributed by atoms with van der Waals surface area (Å²) in [6.45, 7) is 5.73. The first-order valence-corrected chi connectivity index (χ1v) is 7.53. The summed E-state index contributed by atoms with van der Waals surface area (Å²) in [5.74, 6) is 0. The Bertz CT molecular complexity index is 633. The van der Waals surface area contributed by atoms with E-state index in [-0.39, 0.29) is 12.6 Å². The van der Waals surface area contributed by atoms with Gasteiger partial charge in [0.15, 0.2) is 0 Å². The molecule has 0 radical (unpaired) electrons. The molecule has 0 spiro atoms. The second-order valence-electron chi connectivity index (χ2n) is 6.27. The van der Waals surface area contributed by atoms with Gasteiger partial charge in [-0.05, 0) is 32.9 Å². The van der Waals surface area contributed by atoms with Crippen molar-refractivity contribution >= 4 is 6.09 Å². The average Bonchev–Trinajstić information content (AvgIpc) is 2.94. The topological polar surface area (TPSA) is 95.1 Å². The minimum atomic E-state index is -0.542. The Labute approximate surface area is 135 Å². The molecule has 7 nitrogen and oxygen atoms in total. The molecule has 1 unspecified atom stereocenters. The van der Waals surface area contributed by atoms with Crippen LogP contribution in [-0.2, 0) is 11.2 Å². The maximum atomic E-state index is 11.8. The summed E-state index contributed by atoms with van der Waals surface area (Å²) in [5, 5.41) is 11.0. The number of carbonyl (C=O) groups excluding carboxylic acids is 1. The van der Waals surface area contributed by atoms with Crippen LogP contribution in [0.4, 0.5) is 4.79 Å². The zero-order valence-electron chi connectivity index (χ0n) is 13.7. The molecule has 1 aromatic carbocycles. The van der Waals surface area contributed by atoms with Crippen molar-refractivity contribution in [2.75, 3.05) is 6.54 Å². The Morgan fingerprint density at radius 3 is 2.65 bits per heavy atom. The largest absolute Gasteiger partial charge is 0.444 e. The lowest BCUT2D eigenvalue weighted by molar-refractivity contribution is 0.0505. The second-order valence-corrected chi connectivity index (χ2v) is 6.27. The number of ether oxygens (including phenoxy) is 1. The van der Waals surface area contributed by atoms with Gasteiger partial charge in [0.25, 0.3) is 0 Å². The standard InChI is InChI=1S/C16H23N5O2/c1-16(2,3)23-15(22)18-12(10-17)9-13-11-21(20-19-13)14-7-5-4-6-8-14/h4-8,11-12H,9-10,17H2,1-3H3,(H,18,22). The van der Waals surface area contributed by atoms with Crippen LogP contribution in [-0.4, -0.2) is 39.3 Å². The summed E-state index contributed by atoms with van der Waals surface area (Å²) in [6.07, 6.45) is 1.83. The Morgan fingerprint density at radius 1 is 1.35 bits per heavy atom. The number of hydrogen-bond acceptors (Lipinski definition) is 5. The molecule has 2 aromatic rings. The molecule has 0 aliphatic rings. The maximum Gasteiger partial charge on any atom is 0.407 e. The van der Waals surface area contributed by atoms with E-state index in [1.807, 2.05) is 57.3 Å². The summed E-state index contributed by atoms with van der Waals surface area (Å²) in [6, 6.07) is 9.43. The molecule has 1 aromatic heterocycles. The average molecular weight is 317 g/mol. The van der Waals surface area contributed by atoms with Crippen LogP contribution in [0.2, 0.25) is 0 Å². The molecule has 0 bridgehead atoms.